The third-order valence-electron chi connectivity index (χ3n) is 7.90. The van der Waals surface area contributed by atoms with Crippen LogP contribution in [0, 0.1) is 5.92 Å². The minimum absolute atomic E-state index is 0.0285. The number of amides is 1. The monoisotopic (exact) mass is 406 g/mol. The Morgan fingerprint density at radius 3 is 3.07 bits per heavy atom. The second-order valence-corrected chi connectivity index (χ2v) is 9.13. The Morgan fingerprint density at radius 2 is 2.23 bits per heavy atom. The average Bonchev–Trinajstić information content (AvgIpc) is 3.38. The number of phenolic OH excluding ortho intramolecular Hbond substituents is 1. The maximum Gasteiger partial charge on any atom is 0.246 e. The number of benzene rings is 1. The molecule has 2 fully saturated rings. The van der Waals surface area contributed by atoms with Crippen LogP contribution in [0.4, 0.5) is 0 Å². The number of carbonyl (C=O) groups excluding carboxylic acids is 1. The lowest BCUT2D eigenvalue weighted by molar-refractivity contribution is -0.132. The van der Waals surface area contributed by atoms with Gasteiger partial charge in [0.15, 0.2) is 11.5 Å². The van der Waals surface area contributed by atoms with Crippen molar-refractivity contribution in [1.29, 1.82) is 0 Å². The van der Waals surface area contributed by atoms with E-state index in [2.05, 4.69) is 11.4 Å². The summed E-state index contributed by atoms with van der Waals surface area (Å²) in [5, 5.41) is 14.3. The SMILES string of the molecule is CN(C(=O)C=Cc1ccoc1)[C@H]1CC[C@H]2[C@H]3Cc4ccc(O)c5c4[C@@]2(CCN3)[C@H]1O5. The molecule has 156 valence electrons. The molecule has 0 unspecified atom stereocenters. The van der Waals surface area contributed by atoms with Crippen LogP contribution in [-0.4, -0.2) is 47.7 Å². The molecule has 2 aliphatic heterocycles. The number of nitrogens with zero attached hydrogens (tertiary/aromatic N) is 1. The summed E-state index contributed by atoms with van der Waals surface area (Å²) in [4.78, 5) is 14.8. The first kappa shape index (κ1) is 18.1. The molecule has 2 aliphatic carbocycles. The second kappa shape index (κ2) is 6.38. The summed E-state index contributed by atoms with van der Waals surface area (Å²) in [6.45, 7) is 0.945. The van der Waals surface area contributed by atoms with Gasteiger partial charge in [-0.15, -0.1) is 0 Å². The normalized spacial score (nSPS) is 33.2. The predicted octanol–water partition coefficient (Wildman–Crippen LogP) is 2.85. The summed E-state index contributed by atoms with van der Waals surface area (Å²) in [6, 6.07) is 6.06. The third kappa shape index (κ3) is 2.31. The van der Waals surface area contributed by atoms with E-state index in [1.54, 1.807) is 30.7 Å². The molecule has 5 atom stereocenters. The Kier molecular flexibility index (Phi) is 3.84. The van der Waals surface area contributed by atoms with Crippen molar-refractivity contribution in [2.45, 2.75) is 49.3 Å². The van der Waals surface area contributed by atoms with E-state index in [0.717, 1.165) is 37.8 Å². The lowest BCUT2D eigenvalue weighted by Crippen LogP contribution is -2.68. The molecule has 1 spiro atoms. The van der Waals surface area contributed by atoms with Crippen LogP contribution in [0.15, 0.2) is 41.2 Å². The predicted molar refractivity (Wildman–Crippen MR) is 111 cm³/mol. The van der Waals surface area contributed by atoms with E-state index in [4.69, 9.17) is 9.15 Å². The molecule has 1 aromatic carbocycles. The topological polar surface area (TPSA) is 74.9 Å². The molecule has 4 aliphatic rings. The Morgan fingerprint density at radius 1 is 1.33 bits per heavy atom. The van der Waals surface area contributed by atoms with Crippen molar-refractivity contribution in [3.05, 3.63) is 53.5 Å². The average molecular weight is 406 g/mol. The lowest BCUT2D eigenvalue weighted by atomic mass is 9.51. The van der Waals surface area contributed by atoms with Crippen molar-refractivity contribution in [3.63, 3.8) is 0 Å². The van der Waals surface area contributed by atoms with Gasteiger partial charge in [0.1, 0.15) is 6.10 Å². The summed E-state index contributed by atoms with van der Waals surface area (Å²) in [5.74, 6) is 1.32. The number of aromatic hydroxyl groups is 1. The zero-order chi connectivity index (χ0) is 20.5. The number of carbonyl (C=O) groups is 1. The first-order chi connectivity index (χ1) is 14.6. The molecule has 0 radical (unpaired) electrons. The van der Waals surface area contributed by atoms with Crippen LogP contribution in [0.5, 0.6) is 11.5 Å². The summed E-state index contributed by atoms with van der Waals surface area (Å²) in [7, 11) is 1.87. The molecule has 3 heterocycles. The highest BCUT2D eigenvalue weighted by atomic mass is 16.5. The largest absolute Gasteiger partial charge is 0.504 e. The van der Waals surface area contributed by atoms with Gasteiger partial charge in [0.05, 0.1) is 18.6 Å². The van der Waals surface area contributed by atoms with E-state index >= 15 is 0 Å². The maximum absolute atomic E-state index is 13.0. The number of hydrogen-bond acceptors (Lipinski definition) is 5. The Labute approximate surface area is 175 Å². The van der Waals surface area contributed by atoms with Crippen molar-refractivity contribution >= 4 is 12.0 Å². The van der Waals surface area contributed by atoms with Gasteiger partial charge in [-0.2, -0.15) is 0 Å². The van der Waals surface area contributed by atoms with Crippen molar-refractivity contribution in [2.75, 3.05) is 13.6 Å². The summed E-state index contributed by atoms with van der Waals surface area (Å²) < 4.78 is 11.6. The summed E-state index contributed by atoms with van der Waals surface area (Å²) >= 11 is 0. The first-order valence-corrected chi connectivity index (χ1v) is 10.8. The van der Waals surface area contributed by atoms with E-state index in [1.165, 1.54) is 11.1 Å². The highest BCUT2D eigenvalue weighted by Gasteiger charge is 2.65. The lowest BCUT2D eigenvalue weighted by Gasteiger charge is -2.57. The zero-order valence-electron chi connectivity index (χ0n) is 17.0. The summed E-state index contributed by atoms with van der Waals surface area (Å²) in [6.07, 6.45) is 10.4. The maximum atomic E-state index is 13.0. The van der Waals surface area contributed by atoms with Crippen LogP contribution in [-0.2, 0) is 16.6 Å². The van der Waals surface area contributed by atoms with E-state index in [9.17, 15) is 9.90 Å². The van der Waals surface area contributed by atoms with Crippen LogP contribution >= 0.6 is 0 Å². The number of phenols is 1. The molecule has 2 aromatic rings. The quantitative estimate of drug-likeness (QED) is 0.767. The Bertz CT molecular complexity index is 1030. The minimum atomic E-state index is -0.125. The molecule has 2 N–H and O–H groups in total. The van der Waals surface area contributed by atoms with E-state index in [-0.39, 0.29) is 29.2 Å². The third-order valence-corrected chi connectivity index (χ3v) is 7.90. The van der Waals surface area contributed by atoms with Gasteiger partial charge < -0.3 is 24.5 Å². The van der Waals surface area contributed by atoms with Crippen LogP contribution in [0.25, 0.3) is 6.08 Å². The van der Waals surface area contributed by atoms with Gasteiger partial charge in [0.25, 0.3) is 0 Å². The van der Waals surface area contributed by atoms with Gasteiger partial charge in [0.2, 0.25) is 5.91 Å². The molecule has 1 amide bonds. The molecule has 6 rings (SSSR count). The van der Waals surface area contributed by atoms with Gasteiger partial charge in [-0.3, -0.25) is 4.79 Å². The van der Waals surface area contributed by atoms with Gasteiger partial charge in [-0.25, -0.2) is 0 Å². The molecule has 6 heteroatoms. The number of hydrogen-bond donors (Lipinski definition) is 2. The van der Waals surface area contributed by atoms with Crippen molar-refractivity contribution in [2.24, 2.45) is 5.92 Å². The fraction of sp³-hybridized carbons (Fsp3) is 0.458. The fourth-order valence-electron chi connectivity index (χ4n) is 6.65. The highest BCUT2D eigenvalue weighted by molar-refractivity contribution is 5.91. The Balaban J connectivity index is 1.37. The second-order valence-electron chi connectivity index (χ2n) is 9.13. The van der Waals surface area contributed by atoms with E-state index in [0.29, 0.717) is 17.7 Å². The molecular formula is C24H26N2O4. The number of rotatable bonds is 3. The van der Waals surface area contributed by atoms with E-state index in [1.807, 2.05) is 18.0 Å². The van der Waals surface area contributed by atoms with E-state index < -0.39 is 0 Å². The number of furan rings is 1. The van der Waals surface area contributed by atoms with Crippen LogP contribution in [0.2, 0.25) is 0 Å². The van der Waals surface area contributed by atoms with Crippen LogP contribution < -0.4 is 10.1 Å². The molecule has 2 bridgehead atoms. The number of piperidine rings is 1. The summed E-state index contributed by atoms with van der Waals surface area (Å²) in [5.41, 5.74) is 3.25. The Hall–Kier alpha value is -2.73. The molecule has 1 saturated carbocycles. The molecule has 6 nitrogen and oxygen atoms in total. The van der Waals surface area contributed by atoms with Crippen molar-refractivity contribution in [1.82, 2.24) is 10.2 Å². The highest BCUT2D eigenvalue weighted by Crippen LogP contribution is 2.63. The van der Waals surface area contributed by atoms with Crippen molar-refractivity contribution < 1.29 is 19.1 Å². The number of ether oxygens (including phenoxy) is 1. The number of nitrogens with one attached hydrogen (secondary N) is 1. The standard InChI is InChI=1S/C24H26N2O4/c1-26(20(28)7-2-14-8-11-29-13-14)18-5-4-16-17-12-15-3-6-19(27)22-21(15)24(16,9-10-25-17)23(18)30-22/h2-3,6-8,11,13,16-18,23,25,27H,4-5,9-10,12H2,1H3/t16-,17+,18-,23-,24-/m0/s1. The fourth-order valence-corrected chi connectivity index (χ4v) is 6.65. The molecule has 1 aromatic heterocycles. The van der Waals surface area contributed by atoms with Gasteiger partial charge in [-0.05, 0) is 61.9 Å². The van der Waals surface area contributed by atoms with Crippen molar-refractivity contribution in [3.8, 4) is 11.5 Å². The van der Waals surface area contributed by atoms with Gasteiger partial charge in [-0.1, -0.05) is 6.07 Å². The molecular weight excluding hydrogens is 380 g/mol. The van der Waals surface area contributed by atoms with Crippen LogP contribution in [0.1, 0.15) is 36.0 Å². The van der Waals surface area contributed by atoms with Crippen LogP contribution in [0.3, 0.4) is 0 Å². The number of likely N-dealkylation sites (N-methyl/N-ethyl adjacent to an activating group) is 1. The zero-order valence-corrected chi connectivity index (χ0v) is 17.0. The minimum Gasteiger partial charge on any atom is -0.504 e. The van der Waals surface area contributed by atoms with Gasteiger partial charge in [0, 0.05) is 35.7 Å². The molecule has 1 saturated heterocycles. The first-order valence-electron chi connectivity index (χ1n) is 10.8. The smallest absolute Gasteiger partial charge is 0.246 e. The molecule has 30 heavy (non-hydrogen) atoms. The van der Waals surface area contributed by atoms with Gasteiger partial charge >= 0.3 is 0 Å².